The van der Waals surface area contributed by atoms with Crippen LogP contribution in [0.2, 0.25) is 0 Å². The smallest absolute Gasteiger partial charge is 0.170 e. The summed E-state index contributed by atoms with van der Waals surface area (Å²) in [5.41, 5.74) is 3.07. The van der Waals surface area contributed by atoms with Crippen molar-refractivity contribution < 1.29 is 4.79 Å². The van der Waals surface area contributed by atoms with E-state index in [-0.39, 0.29) is 11.7 Å². The molecule has 2 unspecified atom stereocenters. The largest absolute Gasteiger partial charge is 0.293 e. The molecule has 0 heterocycles. The van der Waals surface area contributed by atoms with Crippen molar-refractivity contribution in [2.75, 3.05) is 0 Å². The minimum absolute atomic E-state index is 0.0528. The monoisotopic (exact) mass is 266 g/mol. The third-order valence-corrected chi connectivity index (χ3v) is 3.96. The molecule has 0 saturated heterocycles. The van der Waals surface area contributed by atoms with E-state index in [2.05, 4.69) is 26.0 Å². The van der Waals surface area contributed by atoms with Crippen molar-refractivity contribution in [1.29, 1.82) is 0 Å². The van der Waals surface area contributed by atoms with Gasteiger partial charge in [0, 0.05) is 11.5 Å². The molecule has 0 saturated carbocycles. The molecule has 1 heteroatoms. The Morgan fingerprint density at radius 1 is 1.05 bits per heavy atom. The van der Waals surface area contributed by atoms with Crippen molar-refractivity contribution in [1.82, 2.24) is 0 Å². The summed E-state index contributed by atoms with van der Waals surface area (Å²) in [5.74, 6) is 0.516. The van der Waals surface area contributed by atoms with Crippen LogP contribution >= 0.6 is 0 Å². The fourth-order valence-corrected chi connectivity index (χ4v) is 2.61. The van der Waals surface area contributed by atoms with Gasteiger partial charge in [-0.1, -0.05) is 74.4 Å². The molecule has 0 fully saturated rings. The van der Waals surface area contributed by atoms with Gasteiger partial charge in [-0.15, -0.1) is 0 Å². The lowest BCUT2D eigenvalue weighted by Gasteiger charge is -2.22. The Kier molecular flexibility index (Phi) is 4.73. The van der Waals surface area contributed by atoms with E-state index in [9.17, 15) is 4.79 Å². The number of aryl methyl sites for hydroxylation is 1. The summed E-state index contributed by atoms with van der Waals surface area (Å²) in [6.07, 6.45) is 0.997. The lowest BCUT2D eigenvalue weighted by Crippen LogP contribution is -2.20. The minimum atomic E-state index is -0.0528. The zero-order chi connectivity index (χ0) is 14.5. The predicted molar refractivity (Wildman–Crippen MR) is 84.1 cm³/mol. The van der Waals surface area contributed by atoms with Gasteiger partial charge in [0.2, 0.25) is 0 Å². The van der Waals surface area contributed by atoms with Crippen LogP contribution in [0.15, 0.2) is 54.6 Å². The van der Waals surface area contributed by atoms with E-state index >= 15 is 0 Å². The minimum Gasteiger partial charge on any atom is -0.293 e. The second kappa shape index (κ2) is 6.51. The third kappa shape index (κ3) is 3.16. The predicted octanol–water partition coefficient (Wildman–Crippen LogP) is 5.01. The first kappa shape index (κ1) is 14.5. The van der Waals surface area contributed by atoms with Crippen LogP contribution in [-0.4, -0.2) is 5.78 Å². The zero-order valence-electron chi connectivity index (χ0n) is 12.5. The molecule has 0 aromatic heterocycles. The Balaban J connectivity index is 2.39. The van der Waals surface area contributed by atoms with Crippen LogP contribution in [0.5, 0.6) is 0 Å². The molecule has 0 N–H and O–H groups in total. The van der Waals surface area contributed by atoms with Crippen molar-refractivity contribution in [2.45, 2.75) is 33.1 Å². The number of rotatable bonds is 5. The Bertz CT molecular complexity index is 571. The first-order chi connectivity index (χ1) is 9.63. The Hall–Kier alpha value is -1.89. The molecular formula is C19H22O. The maximum atomic E-state index is 12.9. The van der Waals surface area contributed by atoms with Gasteiger partial charge in [-0.25, -0.2) is 0 Å². The standard InChI is InChI=1S/C19H22O/c1-4-15(3)18(16-10-6-5-7-11-16)19(20)17-12-8-9-14(2)13-17/h5-13,15,18H,4H2,1-3H3. The molecule has 1 nitrogen and oxygen atoms in total. The van der Waals surface area contributed by atoms with E-state index < -0.39 is 0 Å². The average Bonchev–Trinajstić information content (AvgIpc) is 2.48. The van der Waals surface area contributed by atoms with Crippen molar-refractivity contribution in [3.8, 4) is 0 Å². The van der Waals surface area contributed by atoms with E-state index in [1.807, 2.05) is 49.4 Å². The van der Waals surface area contributed by atoms with Gasteiger partial charge in [0.25, 0.3) is 0 Å². The summed E-state index contributed by atoms with van der Waals surface area (Å²) in [7, 11) is 0. The summed E-state index contributed by atoms with van der Waals surface area (Å²) in [6.45, 7) is 6.33. The molecule has 0 radical (unpaired) electrons. The van der Waals surface area contributed by atoms with Crippen LogP contribution in [-0.2, 0) is 0 Å². The maximum Gasteiger partial charge on any atom is 0.170 e. The molecule has 20 heavy (non-hydrogen) atoms. The highest BCUT2D eigenvalue weighted by Crippen LogP contribution is 2.30. The number of hydrogen-bond donors (Lipinski definition) is 0. The van der Waals surface area contributed by atoms with Crippen LogP contribution < -0.4 is 0 Å². The molecule has 0 aliphatic carbocycles. The Morgan fingerprint density at radius 2 is 1.75 bits per heavy atom. The fraction of sp³-hybridized carbons (Fsp3) is 0.316. The summed E-state index contributed by atoms with van der Waals surface area (Å²) < 4.78 is 0. The van der Waals surface area contributed by atoms with Crippen molar-refractivity contribution in [3.05, 3.63) is 71.3 Å². The van der Waals surface area contributed by atoms with Gasteiger partial charge >= 0.3 is 0 Å². The van der Waals surface area contributed by atoms with Gasteiger partial charge in [-0.05, 0) is 24.5 Å². The van der Waals surface area contributed by atoms with Crippen LogP contribution in [0, 0.1) is 12.8 Å². The highest BCUT2D eigenvalue weighted by molar-refractivity contribution is 6.01. The summed E-state index contributed by atoms with van der Waals surface area (Å²) in [6, 6.07) is 18.0. The molecule has 2 aromatic rings. The van der Waals surface area contributed by atoms with E-state index in [1.165, 1.54) is 0 Å². The molecule has 0 aliphatic rings. The second-order valence-corrected chi connectivity index (χ2v) is 5.51. The van der Waals surface area contributed by atoms with E-state index in [0.29, 0.717) is 5.92 Å². The van der Waals surface area contributed by atoms with Gasteiger partial charge in [-0.3, -0.25) is 4.79 Å². The van der Waals surface area contributed by atoms with E-state index in [4.69, 9.17) is 0 Å². The number of hydrogen-bond acceptors (Lipinski definition) is 1. The quantitative estimate of drug-likeness (QED) is 0.695. The highest BCUT2D eigenvalue weighted by Gasteiger charge is 2.26. The fourth-order valence-electron chi connectivity index (χ4n) is 2.61. The molecule has 0 bridgehead atoms. The third-order valence-electron chi connectivity index (χ3n) is 3.96. The maximum absolute atomic E-state index is 12.9. The van der Waals surface area contributed by atoms with Gasteiger partial charge in [0.1, 0.15) is 0 Å². The van der Waals surface area contributed by atoms with Crippen LogP contribution in [0.4, 0.5) is 0 Å². The number of ketones is 1. The van der Waals surface area contributed by atoms with E-state index in [1.54, 1.807) is 0 Å². The first-order valence-corrected chi connectivity index (χ1v) is 7.29. The number of Topliss-reactive ketones (excluding diaryl/α,β-unsaturated/α-hetero) is 1. The van der Waals surface area contributed by atoms with Crippen molar-refractivity contribution >= 4 is 5.78 Å². The number of benzene rings is 2. The van der Waals surface area contributed by atoms with Gasteiger partial charge < -0.3 is 0 Å². The van der Waals surface area contributed by atoms with Crippen LogP contribution in [0.25, 0.3) is 0 Å². The summed E-state index contributed by atoms with van der Waals surface area (Å²) >= 11 is 0. The average molecular weight is 266 g/mol. The number of carbonyl (C=O) groups is 1. The zero-order valence-corrected chi connectivity index (χ0v) is 12.5. The molecule has 0 spiro atoms. The van der Waals surface area contributed by atoms with Crippen LogP contribution in [0.3, 0.4) is 0 Å². The lowest BCUT2D eigenvalue weighted by atomic mass is 9.80. The molecule has 2 atom stereocenters. The molecule has 0 amide bonds. The first-order valence-electron chi connectivity index (χ1n) is 7.29. The number of carbonyl (C=O) groups excluding carboxylic acids is 1. The molecule has 0 aliphatic heterocycles. The molecule has 104 valence electrons. The SMILES string of the molecule is CCC(C)C(C(=O)c1cccc(C)c1)c1ccccc1. The summed E-state index contributed by atoms with van der Waals surface area (Å²) in [4.78, 5) is 12.9. The van der Waals surface area contributed by atoms with Gasteiger partial charge in [0.15, 0.2) is 5.78 Å². The highest BCUT2D eigenvalue weighted by atomic mass is 16.1. The molecular weight excluding hydrogens is 244 g/mol. The molecule has 2 rings (SSSR count). The Labute approximate surface area is 121 Å². The second-order valence-electron chi connectivity index (χ2n) is 5.51. The lowest BCUT2D eigenvalue weighted by molar-refractivity contribution is 0.0932. The molecule has 2 aromatic carbocycles. The van der Waals surface area contributed by atoms with Crippen LogP contribution in [0.1, 0.15) is 47.7 Å². The normalized spacial score (nSPS) is 13.8. The van der Waals surface area contributed by atoms with Gasteiger partial charge in [0.05, 0.1) is 0 Å². The Morgan fingerprint density at radius 3 is 2.35 bits per heavy atom. The summed E-state index contributed by atoms with van der Waals surface area (Å²) in [5, 5.41) is 0. The van der Waals surface area contributed by atoms with E-state index in [0.717, 1.165) is 23.1 Å². The van der Waals surface area contributed by atoms with Crippen molar-refractivity contribution in [2.24, 2.45) is 5.92 Å². The van der Waals surface area contributed by atoms with Gasteiger partial charge in [-0.2, -0.15) is 0 Å². The topological polar surface area (TPSA) is 17.1 Å². The van der Waals surface area contributed by atoms with Crippen molar-refractivity contribution in [3.63, 3.8) is 0 Å².